The minimum atomic E-state index is 0.765. The van der Waals surface area contributed by atoms with Gasteiger partial charge >= 0.3 is 0 Å². The van der Waals surface area contributed by atoms with Crippen LogP contribution in [0.15, 0.2) is 0 Å². The molecule has 1 N–H and O–H groups in total. The van der Waals surface area contributed by atoms with Crippen molar-refractivity contribution >= 4 is 0 Å². The molecule has 0 aliphatic carbocycles. The summed E-state index contributed by atoms with van der Waals surface area (Å²) in [4.78, 5) is 5.51. The van der Waals surface area contributed by atoms with Crippen molar-refractivity contribution in [2.24, 2.45) is 11.8 Å². The average molecular weight is 279 g/mol. The third kappa shape index (κ3) is 3.37. The van der Waals surface area contributed by atoms with E-state index in [0.29, 0.717) is 0 Å². The zero-order valence-corrected chi connectivity index (χ0v) is 13.5. The van der Waals surface area contributed by atoms with Gasteiger partial charge in [-0.2, -0.15) is 0 Å². The molecule has 3 saturated heterocycles. The molecular formula is C17H33N3. The fourth-order valence-electron chi connectivity index (χ4n) is 4.53. The van der Waals surface area contributed by atoms with Gasteiger partial charge in [0.2, 0.25) is 0 Å². The first-order valence-electron chi connectivity index (χ1n) is 8.93. The Morgan fingerprint density at radius 2 is 2.10 bits per heavy atom. The van der Waals surface area contributed by atoms with Crippen LogP contribution in [-0.2, 0) is 0 Å². The third-order valence-electron chi connectivity index (χ3n) is 6.08. The second-order valence-electron chi connectivity index (χ2n) is 7.51. The number of nitrogens with one attached hydrogen (secondary N) is 1. The summed E-state index contributed by atoms with van der Waals surface area (Å²) in [7, 11) is 0. The van der Waals surface area contributed by atoms with Crippen LogP contribution in [0.2, 0.25) is 0 Å². The van der Waals surface area contributed by atoms with E-state index in [-0.39, 0.29) is 0 Å². The molecule has 20 heavy (non-hydrogen) atoms. The zero-order valence-electron chi connectivity index (χ0n) is 13.5. The van der Waals surface area contributed by atoms with Gasteiger partial charge in [-0.1, -0.05) is 6.92 Å². The van der Waals surface area contributed by atoms with Crippen molar-refractivity contribution in [3.8, 4) is 0 Å². The lowest BCUT2D eigenvalue weighted by atomic mass is 9.85. The first kappa shape index (κ1) is 14.8. The van der Waals surface area contributed by atoms with Gasteiger partial charge in [-0.05, 0) is 77.0 Å². The van der Waals surface area contributed by atoms with Crippen LogP contribution < -0.4 is 5.32 Å². The van der Waals surface area contributed by atoms with E-state index < -0.39 is 0 Å². The smallest absolute Gasteiger partial charge is 0.0224 e. The summed E-state index contributed by atoms with van der Waals surface area (Å²) in [6.45, 7) is 12.7. The van der Waals surface area contributed by atoms with E-state index in [1.165, 1.54) is 71.4 Å². The van der Waals surface area contributed by atoms with E-state index in [9.17, 15) is 0 Å². The molecule has 3 rings (SSSR count). The summed E-state index contributed by atoms with van der Waals surface area (Å²) in [5.41, 5.74) is 0. The summed E-state index contributed by atoms with van der Waals surface area (Å²) in [5.74, 6) is 1.81. The number of hydrogen-bond acceptors (Lipinski definition) is 3. The van der Waals surface area contributed by atoms with Crippen molar-refractivity contribution in [1.29, 1.82) is 0 Å². The number of fused-ring (bicyclic) bond motifs is 1. The normalized spacial score (nSPS) is 37.8. The maximum absolute atomic E-state index is 3.57. The Hall–Kier alpha value is -0.120. The Morgan fingerprint density at radius 1 is 1.20 bits per heavy atom. The molecule has 3 fully saturated rings. The topological polar surface area (TPSA) is 18.5 Å². The van der Waals surface area contributed by atoms with E-state index in [0.717, 1.165) is 23.9 Å². The van der Waals surface area contributed by atoms with E-state index in [1.807, 2.05) is 0 Å². The first-order chi connectivity index (χ1) is 9.74. The molecule has 0 bridgehead atoms. The molecule has 3 nitrogen and oxygen atoms in total. The highest BCUT2D eigenvalue weighted by molar-refractivity contribution is 4.90. The van der Waals surface area contributed by atoms with Gasteiger partial charge in [0.15, 0.2) is 0 Å². The Kier molecular flexibility index (Phi) is 5.00. The molecule has 0 amide bonds. The molecule has 3 heteroatoms. The number of hydrogen-bond donors (Lipinski definition) is 1. The van der Waals surface area contributed by atoms with Crippen LogP contribution in [0.4, 0.5) is 0 Å². The van der Waals surface area contributed by atoms with Crippen LogP contribution in [0.1, 0.15) is 46.0 Å². The van der Waals surface area contributed by atoms with Gasteiger partial charge in [0.05, 0.1) is 0 Å². The molecule has 0 aromatic rings. The van der Waals surface area contributed by atoms with Gasteiger partial charge in [-0.15, -0.1) is 0 Å². The second-order valence-corrected chi connectivity index (χ2v) is 7.51. The highest BCUT2D eigenvalue weighted by atomic mass is 15.3. The maximum atomic E-state index is 3.57. The van der Waals surface area contributed by atoms with E-state index in [4.69, 9.17) is 0 Å². The largest absolute Gasteiger partial charge is 0.316 e. The molecule has 3 aliphatic heterocycles. The van der Waals surface area contributed by atoms with Crippen molar-refractivity contribution in [2.75, 3.05) is 39.3 Å². The number of piperazine rings is 1. The lowest BCUT2D eigenvalue weighted by Gasteiger charge is -2.43. The monoisotopic (exact) mass is 279 g/mol. The van der Waals surface area contributed by atoms with Crippen LogP contribution in [-0.4, -0.2) is 61.2 Å². The maximum Gasteiger partial charge on any atom is 0.0224 e. The van der Waals surface area contributed by atoms with Gasteiger partial charge in [-0.25, -0.2) is 0 Å². The average Bonchev–Trinajstić information content (AvgIpc) is 2.92. The molecule has 0 saturated carbocycles. The van der Waals surface area contributed by atoms with Crippen molar-refractivity contribution in [2.45, 2.75) is 58.0 Å². The van der Waals surface area contributed by atoms with Gasteiger partial charge in [-0.3, -0.25) is 9.80 Å². The minimum Gasteiger partial charge on any atom is -0.316 e. The van der Waals surface area contributed by atoms with Crippen LogP contribution in [0.5, 0.6) is 0 Å². The second kappa shape index (κ2) is 6.76. The predicted octanol–water partition coefficient (Wildman–Crippen LogP) is 2.18. The summed E-state index contributed by atoms with van der Waals surface area (Å²) < 4.78 is 0. The molecule has 4 unspecified atom stereocenters. The van der Waals surface area contributed by atoms with Crippen LogP contribution in [0.3, 0.4) is 0 Å². The molecule has 3 heterocycles. The van der Waals surface area contributed by atoms with Crippen molar-refractivity contribution in [3.63, 3.8) is 0 Å². The number of piperidine rings is 1. The van der Waals surface area contributed by atoms with Crippen LogP contribution >= 0.6 is 0 Å². The molecular weight excluding hydrogens is 246 g/mol. The Bertz CT molecular complexity index is 301. The fraction of sp³-hybridized carbons (Fsp3) is 1.00. The van der Waals surface area contributed by atoms with Gasteiger partial charge < -0.3 is 5.32 Å². The van der Waals surface area contributed by atoms with E-state index in [1.54, 1.807) is 0 Å². The minimum absolute atomic E-state index is 0.765. The molecule has 4 atom stereocenters. The van der Waals surface area contributed by atoms with Crippen LogP contribution in [0, 0.1) is 11.8 Å². The summed E-state index contributed by atoms with van der Waals surface area (Å²) in [6, 6.07) is 1.64. The Balaban J connectivity index is 1.45. The molecule has 0 aromatic heterocycles. The Morgan fingerprint density at radius 3 is 2.90 bits per heavy atom. The number of nitrogens with zero attached hydrogens (tertiary/aromatic N) is 2. The first-order valence-corrected chi connectivity index (χ1v) is 8.93. The van der Waals surface area contributed by atoms with Gasteiger partial charge in [0.25, 0.3) is 0 Å². The van der Waals surface area contributed by atoms with E-state index in [2.05, 4.69) is 29.0 Å². The third-order valence-corrected chi connectivity index (χ3v) is 6.08. The molecule has 0 radical (unpaired) electrons. The van der Waals surface area contributed by atoms with E-state index >= 15 is 0 Å². The molecule has 0 spiro atoms. The fourth-order valence-corrected chi connectivity index (χ4v) is 4.53. The lowest BCUT2D eigenvalue weighted by Crippen LogP contribution is -2.55. The van der Waals surface area contributed by atoms with Gasteiger partial charge in [0.1, 0.15) is 0 Å². The predicted molar refractivity (Wildman–Crippen MR) is 85.0 cm³/mol. The standard InChI is InChI=1S/C17H33N3/c1-14(16-5-3-8-18-11-16)7-10-19-13-17-6-4-9-20(17)12-15(19)2/h14-18H,3-13H2,1-2H3. The van der Waals surface area contributed by atoms with Crippen LogP contribution in [0.25, 0.3) is 0 Å². The highest BCUT2D eigenvalue weighted by Gasteiger charge is 2.34. The highest BCUT2D eigenvalue weighted by Crippen LogP contribution is 2.27. The zero-order chi connectivity index (χ0) is 13.9. The molecule has 0 aromatic carbocycles. The molecule has 3 aliphatic rings. The summed E-state index contributed by atoms with van der Waals surface area (Å²) in [6.07, 6.45) is 7.08. The lowest BCUT2D eigenvalue weighted by molar-refractivity contribution is 0.0532. The quantitative estimate of drug-likeness (QED) is 0.851. The number of rotatable bonds is 4. The summed E-state index contributed by atoms with van der Waals surface area (Å²) in [5, 5.41) is 3.57. The molecule has 116 valence electrons. The van der Waals surface area contributed by atoms with Gasteiger partial charge in [0, 0.05) is 25.2 Å². The summed E-state index contributed by atoms with van der Waals surface area (Å²) >= 11 is 0. The SMILES string of the molecule is CC(CCN1CC2CCCN2CC1C)C1CCCNC1. The van der Waals surface area contributed by atoms with Crippen molar-refractivity contribution < 1.29 is 0 Å². The van der Waals surface area contributed by atoms with Crippen molar-refractivity contribution in [1.82, 2.24) is 15.1 Å². The van der Waals surface area contributed by atoms with Crippen molar-refractivity contribution in [3.05, 3.63) is 0 Å². The Labute approximate surface area is 125 Å².